The number of nitrogens with zero attached hydrogens (tertiary/aromatic N) is 1. The van der Waals surface area contributed by atoms with Crippen LogP contribution < -0.4 is 5.32 Å². The molecular weight excluding hydrogens is 272 g/mol. The molecule has 0 saturated heterocycles. The molecule has 2 rings (SSSR count). The van der Waals surface area contributed by atoms with Gasteiger partial charge in [0.2, 0.25) is 0 Å². The molecule has 0 bridgehead atoms. The summed E-state index contributed by atoms with van der Waals surface area (Å²) < 4.78 is 0. The van der Waals surface area contributed by atoms with E-state index in [1.165, 1.54) is 12.1 Å². The van der Waals surface area contributed by atoms with Crippen molar-refractivity contribution in [3.63, 3.8) is 0 Å². The minimum Gasteiger partial charge on any atom is -0.362 e. The summed E-state index contributed by atoms with van der Waals surface area (Å²) in [5, 5.41) is 13.9. The topological polar surface area (TPSA) is 89.3 Å². The molecule has 6 heteroatoms. The van der Waals surface area contributed by atoms with Crippen LogP contribution in [-0.4, -0.2) is 17.5 Å². The quantitative estimate of drug-likeness (QED) is 0.521. The van der Waals surface area contributed by atoms with E-state index in [0.717, 1.165) is 0 Å². The van der Waals surface area contributed by atoms with E-state index >= 15 is 0 Å². The van der Waals surface area contributed by atoms with Crippen LogP contribution in [0.2, 0.25) is 0 Å². The summed E-state index contributed by atoms with van der Waals surface area (Å²) in [5.74, 6) is -0.582. The van der Waals surface area contributed by atoms with Gasteiger partial charge in [0.15, 0.2) is 0 Å². The van der Waals surface area contributed by atoms with Crippen molar-refractivity contribution in [2.45, 2.75) is 19.8 Å². The third-order valence-corrected chi connectivity index (χ3v) is 3.53. The molecule has 1 aliphatic rings. The lowest BCUT2D eigenvalue weighted by Crippen LogP contribution is -2.25. The minimum absolute atomic E-state index is 0.0724. The second kappa shape index (κ2) is 5.70. The van der Waals surface area contributed by atoms with E-state index in [-0.39, 0.29) is 5.69 Å². The summed E-state index contributed by atoms with van der Waals surface area (Å²) in [4.78, 5) is 33.1. The number of non-ortho nitro benzene ring substituents is 1. The van der Waals surface area contributed by atoms with Crippen LogP contribution in [0, 0.1) is 10.1 Å². The molecule has 0 atom stereocenters. The van der Waals surface area contributed by atoms with Crippen molar-refractivity contribution in [1.82, 2.24) is 5.32 Å². The molecule has 0 unspecified atom stereocenters. The first-order valence-electron chi connectivity index (χ1n) is 6.32. The fraction of sp³-hybridized carbons (Fsp3) is 0.200. The van der Waals surface area contributed by atoms with Crippen molar-refractivity contribution in [2.75, 3.05) is 0 Å². The third kappa shape index (κ3) is 2.60. The van der Waals surface area contributed by atoms with Gasteiger partial charge >= 0.3 is 0 Å². The predicted octanol–water partition coefficient (Wildman–Crippen LogP) is 2.23. The van der Waals surface area contributed by atoms with Crippen LogP contribution >= 0.6 is 0 Å². The van der Waals surface area contributed by atoms with Gasteiger partial charge < -0.3 is 5.32 Å². The van der Waals surface area contributed by atoms with E-state index in [9.17, 15) is 19.7 Å². The molecule has 1 heterocycles. The maximum atomic E-state index is 11.4. The molecule has 1 aromatic rings. The molecular formula is C15H14N2O4. The summed E-state index contributed by atoms with van der Waals surface area (Å²) in [6.45, 7) is 3.47. The van der Waals surface area contributed by atoms with Gasteiger partial charge in [-0.2, -0.15) is 0 Å². The number of carbonyl (C=O) groups excluding carboxylic acids is 2. The summed E-state index contributed by atoms with van der Waals surface area (Å²) in [6, 6.07) is 5.99. The van der Waals surface area contributed by atoms with Crippen LogP contribution in [0.1, 0.15) is 25.3 Å². The van der Waals surface area contributed by atoms with Gasteiger partial charge in [-0.1, -0.05) is 12.1 Å². The van der Waals surface area contributed by atoms with E-state index in [1.807, 2.05) is 0 Å². The van der Waals surface area contributed by atoms with Gasteiger partial charge in [-0.15, -0.1) is 0 Å². The van der Waals surface area contributed by atoms with Crippen molar-refractivity contribution in [1.29, 1.82) is 0 Å². The lowest BCUT2D eigenvalue weighted by molar-refractivity contribution is -0.384. The van der Waals surface area contributed by atoms with Gasteiger partial charge in [-0.05, 0) is 19.4 Å². The average molecular weight is 286 g/mol. The molecule has 0 aromatic heterocycles. The van der Waals surface area contributed by atoms with Crippen molar-refractivity contribution >= 4 is 18.3 Å². The van der Waals surface area contributed by atoms with Crippen LogP contribution in [0.25, 0.3) is 0 Å². The Kier molecular flexibility index (Phi) is 3.98. The Bertz CT molecular complexity index is 659. The first-order chi connectivity index (χ1) is 9.99. The zero-order valence-electron chi connectivity index (χ0n) is 11.6. The summed E-state index contributed by atoms with van der Waals surface area (Å²) in [7, 11) is 0. The number of dihydropyridines is 1. The van der Waals surface area contributed by atoms with Crippen LogP contribution in [0.4, 0.5) is 5.69 Å². The van der Waals surface area contributed by atoms with Crippen molar-refractivity contribution in [3.05, 3.63) is 62.5 Å². The van der Waals surface area contributed by atoms with Gasteiger partial charge in [0, 0.05) is 40.6 Å². The van der Waals surface area contributed by atoms with Crippen LogP contribution in [0.15, 0.2) is 46.8 Å². The molecule has 0 radical (unpaired) electrons. The number of hydrogen-bond acceptors (Lipinski definition) is 5. The highest BCUT2D eigenvalue weighted by Gasteiger charge is 2.29. The first kappa shape index (κ1) is 14.6. The predicted molar refractivity (Wildman–Crippen MR) is 76.5 cm³/mol. The zero-order valence-corrected chi connectivity index (χ0v) is 11.6. The smallest absolute Gasteiger partial charge is 0.269 e. The fourth-order valence-corrected chi connectivity index (χ4v) is 2.52. The van der Waals surface area contributed by atoms with E-state index in [0.29, 0.717) is 40.7 Å². The maximum absolute atomic E-state index is 11.4. The molecule has 1 aliphatic heterocycles. The molecule has 0 aliphatic carbocycles. The normalized spacial score (nSPS) is 15.7. The Balaban J connectivity index is 2.63. The van der Waals surface area contributed by atoms with Crippen molar-refractivity contribution in [3.8, 4) is 0 Å². The molecule has 6 nitrogen and oxygen atoms in total. The van der Waals surface area contributed by atoms with Crippen LogP contribution in [-0.2, 0) is 9.59 Å². The average Bonchev–Trinajstić information content (AvgIpc) is 2.46. The Morgan fingerprint density at radius 3 is 2.19 bits per heavy atom. The SMILES string of the molecule is CC1=C(C=O)C(c2cccc([N+](=O)[O-])c2)C(C=O)=C(C)N1. The lowest BCUT2D eigenvalue weighted by atomic mass is 9.81. The molecule has 1 aromatic carbocycles. The van der Waals surface area contributed by atoms with Crippen LogP contribution in [0.5, 0.6) is 0 Å². The largest absolute Gasteiger partial charge is 0.362 e. The summed E-state index contributed by atoms with van der Waals surface area (Å²) in [6.07, 6.45) is 1.36. The van der Waals surface area contributed by atoms with E-state index in [4.69, 9.17) is 0 Å². The van der Waals surface area contributed by atoms with Gasteiger partial charge in [0.05, 0.1) is 4.92 Å². The number of nitro benzene ring substituents is 1. The number of hydrogen-bond donors (Lipinski definition) is 1. The second-order valence-corrected chi connectivity index (χ2v) is 4.81. The molecule has 0 fully saturated rings. The van der Waals surface area contributed by atoms with E-state index in [1.54, 1.807) is 26.0 Å². The number of aldehydes is 2. The highest BCUT2D eigenvalue weighted by atomic mass is 16.6. The van der Waals surface area contributed by atoms with Gasteiger partial charge in [0.25, 0.3) is 5.69 Å². The Morgan fingerprint density at radius 1 is 1.14 bits per heavy atom. The number of nitro groups is 1. The summed E-state index contributed by atoms with van der Waals surface area (Å²) in [5.41, 5.74) is 2.58. The number of rotatable bonds is 4. The number of carbonyl (C=O) groups is 2. The number of allylic oxidation sites excluding steroid dienone is 4. The first-order valence-corrected chi connectivity index (χ1v) is 6.32. The van der Waals surface area contributed by atoms with Crippen molar-refractivity contribution < 1.29 is 14.5 Å². The van der Waals surface area contributed by atoms with E-state index < -0.39 is 10.8 Å². The second-order valence-electron chi connectivity index (χ2n) is 4.81. The Hall–Kier alpha value is -2.76. The molecule has 0 saturated carbocycles. The fourth-order valence-electron chi connectivity index (χ4n) is 2.52. The highest BCUT2D eigenvalue weighted by molar-refractivity contribution is 5.88. The Labute approximate surface area is 121 Å². The Morgan fingerprint density at radius 2 is 1.71 bits per heavy atom. The van der Waals surface area contributed by atoms with E-state index in [2.05, 4.69) is 5.32 Å². The molecule has 0 amide bonds. The highest BCUT2D eigenvalue weighted by Crippen LogP contribution is 2.36. The van der Waals surface area contributed by atoms with Gasteiger partial charge in [-0.3, -0.25) is 19.7 Å². The molecule has 1 N–H and O–H groups in total. The van der Waals surface area contributed by atoms with Gasteiger partial charge in [0.1, 0.15) is 12.6 Å². The monoisotopic (exact) mass is 286 g/mol. The molecule has 21 heavy (non-hydrogen) atoms. The van der Waals surface area contributed by atoms with Crippen LogP contribution in [0.3, 0.4) is 0 Å². The third-order valence-electron chi connectivity index (χ3n) is 3.53. The molecule has 0 spiro atoms. The number of benzene rings is 1. The van der Waals surface area contributed by atoms with Crippen molar-refractivity contribution in [2.24, 2.45) is 0 Å². The van der Waals surface area contributed by atoms with Gasteiger partial charge in [-0.25, -0.2) is 0 Å². The standard InChI is InChI=1S/C15H14N2O4/c1-9-13(7-18)15(14(8-19)10(2)16-9)11-4-3-5-12(6-11)17(20)21/h3-8,15-16H,1-2H3. The minimum atomic E-state index is -0.582. The maximum Gasteiger partial charge on any atom is 0.269 e. The molecule has 108 valence electrons. The zero-order chi connectivity index (χ0) is 15.6. The number of nitrogens with one attached hydrogen (secondary N) is 1. The summed E-state index contributed by atoms with van der Waals surface area (Å²) >= 11 is 0. The lowest BCUT2D eigenvalue weighted by Gasteiger charge is -2.27.